The third kappa shape index (κ3) is 5.07. The highest BCUT2D eigenvalue weighted by Gasteiger charge is 2.32. The lowest BCUT2D eigenvalue weighted by atomic mass is 9.90. The Hall–Kier alpha value is -3.23. The SMILES string of the molecule is Cc1cc(S(=O)CCCO)cc(C)c1-c1ccc(F)c2c1CC[C@H]2Oc1ccc2c(c1)OC[C@H]2CC(=O)O. The first kappa shape index (κ1) is 26.4. The summed E-state index contributed by atoms with van der Waals surface area (Å²) in [5, 5.41) is 18.2. The highest BCUT2D eigenvalue weighted by atomic mass is 32.2. The molecule has 0 amide bonds. The van der Waals surface area contributed by atoms with E-state index >= 15 is 4.39 Å². The Labute approximate surface area is 223 Å². The van der Waals surface area contributed by atoms with Crippen molar-refractivity contribution in [2.75, 3.05) is 19.0 Å². The average molecular weight is 539 g/mol. The maximum Gasteiger partial charge on any atom is 0.304 e. The molecule has 1 unspecified atom stereocenters. The van der Waals surface area contributed by atoms with Crippen molar-refractivity contribution in [2.24, 2.45) is 0 Å². The Morgan fingerprint density at radius 2 is 1.92 bits per heavy atom. The normalized spacial score (nSPS) is 18.5. The molecule has 0 fully saturated rings. The molecule has 38 heavy (non-hydrogen) atoms. The van der Waals surface area contributed by atoms with E-state index in [1.165, 1.54) is 6.07 Å². The third-order valence-electron chi connectivity index (χ3n) is 7.37. The van der Waals surface area contributed by atoms with Crippen molar-refractivity contribution in [3.05, 3.63) is 76.1 Å². The van der Waals surface area contributed by atoms with Crippen molar-refractivity contribution in [2.45, 2.75) is 56.4 Å². The number of aliphatic hydroxyl groups is 1. The number of carboxylic acid groups (broad SMARTS) is 1. The van der Waals surface area contributed by atoms with E-state index in [1.54, 1.807) is 12.1 Å². The van der Waals surface area contributed by atoms with Gasteiger partial charge >= 0.3 is 5.97 Å². The van der Waals surface area contributed by atoms with Gasteiger partial charge < -0.3 is 19.7 Å². The number of aryl methyl sites for hydroxylation is 2. The Morgan fingerprint density at radius 3 is 2.63 bits per heavy atom. The van der Waals surface area contributed by atoms with Crippen LogP contribution in [0.1, 0.15) is 59.1 Å². The van der Waals surface area contributed by atoms with Gasteiger partial charge in [0.1, 0.15) is 23.4 Å². The van der Waals surface area contributed by atoms with Crippen LogP contribution in [0.3, 0.4) is 0 Å². The number of aliphatic hydroxyl groups excluding tert-OH is 1. The fourth-order valence-electron chi connectivity index (χ4n) is 5.69. The maximum absolute atomic E-state index is 15.2. The van der Waals surface area contributed by atoms with Gasteiger partial charge in [-0.15, -0.1) is 0 Å². The summed E-state index contributed by atoms with van der Waals surface area (Å²) < 4.78 is 39.8. The fourth-order valence-corrected chi connectivity index (χ4v) is 6.94. The Kier molecular flexibility index (Phi) is 7.54. The second-order valence-electron chi connectivity index (χ2n) is 10.00. The van der Waals surface area contributed by atoms with Gasteiger partial charge in [-0.3, -0.25) is 9.00 Å². The molecular formula is C30H31FO6S. The zero-order valence-electron chi connectivity index (χ0n) is 21.5. The van der Waals surface area contributed by atoms with Crippen molar-refractivity contribution in [3.63, 3.8) is 0 Å². The summed E-state index contributed by atoms with van der Waals surface area (Å²) >= 11 is 0. The largest absolute Gasteiger partial charge is 0.492 e. The van der Waals surface area contributed by atoms with Gasteiger partial charge in [0.2, 0.25) is 0 Å². The lowest BCUT2D eigenvalue weighted by Crippen LogP contribution is -2.07. The van der Waals surface area contributed by atoms with E-state index < -0.39 is 22.9 Å². The third-order valence-corrected chi connectivity index (χ3v) is 8.79. The van der Waals surface area contributed by atoms with Gasteiger partial charge in [-0.25, -0.2) is 4.39 Å². The van der Waals surface area contributed by atoms with E-state index in [4.69, 9.17) is 19.7 Å². The molecule has 1 heterocycles. The minimum absolute atomic E-state index is 0.00950. The molecule has 3 aromatic rings. The highest BCUT2D eigenvalue weighted by Crippen LogP contribution is 2.45. The number of ether oxygens (including phenoxy) is 2. The van der Waals surface area contributed by atoms with Crippen LogP contribution in [0, 0.1) is 19.7 Å². The predicted octanol–water partition coefficient (Wildman–Crippen LogP) is 5.62. The summed E-state index contributed by atoms with van der Waals surface area (Å²) in [5.74, 6) is 0.230. The van der Waals surface area contributed by atoms with Gasteiger partial charge in [0, 0.05) is 40.4 Å². The molecule has 5 rings (SSSR count). The molecule has 1 aliphatic carbocycles. The van der Waals surface area contributed by atoms with Gasteiger partial charge in [-0.2, -0.15) is 0 Å². The summed E-state index contributed by atoms with van der Waals surface area (Å²) in [6, 6.07) is 12.6. The number of benzene rings is 3. The van der Waals surface area contributed by atoms with Crippen LogP contribution < -0.4 is 9.47 Å². The number of carboxylic acids is 1. The average Bonchev–Trinajstić information content (AvgIpc) is 3.47. The van der Waals surface area contributed by atoms with E-state index in [9.17, 15) is 9.00 Å². The second-order valence-corrected chi connectivity index (χ2v) is 11.6. The molecule has 2 N–H and O–H groups in total. The van der Waals surface area contributed by atoms with Gasteiger partial charge in [-0.1, -0.05) is 12.1 Å². The summed E-state index contributed by atoms with van der Waals surface area (Å²) in [5.41, 5.74) is 6.26. The van der Waals surface area contributed by atoms with Gasteiger partial charge in [-0.05, 0) is 85.2 Å². The second kappa shape index (κ2) is 10.9. The molecular weight excluding hydrogens is 507 g/mol. The van der Waals surface area contributed by atoms with Crippen LogP contribution in [-0.4, -0.2) is 39.4 Å². The quantitative estimate of drug-likeness (QED) is 0.368. The predicted molar refractivity (Wildman–Crippen MR) is 143 cm³/mol. The van der Waals surface area contributed by atoms with Gasteiger partial charge in [0.15, 0.2) is 0 Å². The fraction of sp³-hybridized carbons (Fsp3) is 0.367. The van der Waals surface area contributed by atoms with E-state index in [-0.39, 0.29) is 24.8 Å². The van der Waals surface area contributed by atoms with Crippen LogP contribution in [0.4, 0.5) is 4.39 Å². The van der Waals surface area contributed by atoms with Gasteiger partial charge in [0.25, 0.3) is 0 Å². The first-order valence-electron chi connectivity index (χ1n) is 12.8. The van der Waals surface area contributed by atoms with E-state index in [0.29, 0.717) is 48.7 Å². The molecule has 0 aromatic heterocycles. The van der Waals surface area contributed by atoms with E-state index in [1.807, 2.05) is 38.1 Å². The number of hydrogen-bond donors (Lipinski definition) is 2. The number of rotatable bonds is 9. The van der Waals surface area contributed by atoms with Crippen LogP contribution >= 0.6 is 0 Å². The van der Waals surface area contributed by atoms with Crippen molar-refractivity contribution >= 4 is 16.8 Å². The van der Waals surface area contributed by atoms with Crippen LogP contribution in [0.25, 0.3) is 11.1 Å². The molecule has 200 valence electrons. The lowest BCUT2D eigenvalue weighted by Gasteiger charge is -2.19. The number of halogens is 1. The molecule has 0 bridgehead atoms. The Bertz CT molecular complexity index is 1400. The molecule has 0 radical (unpaired) electrons. The zero-order chi connectivity index (χ0) is 27.0. The van der Waals surface area contributed by atoms with Crippen molar-refractivity contribution < 1.29 is 33.1 Å². The van der Waals surface area contributed by atoms with E-state index in [2.05, 4.69) is 0 Å². The Balaban J connectivity index is 1.43. The summed E-state index contributed by atoms with van der Waals surface area (Å²) in [6.07, 6.45) is 1.33. The number of hydrogen-bond acceptors (Lipinski definition) is 5. The minimum Gasteiger partial charge on any atom is -0.492 e. The molecule has 6 nitrogen and oxygen atoms in total. The standard InChI is InChI=1S/C30H31FO6S/c1-17-12-21(38(35)11-3-10-32)13-18(2)29(17)23-6-8-25(31)30-24(23)7-9-26(30)37-20-4-5-22-19(14-28(33)34)16-36-27(22)15-20/h4-6,8,12-13,15,19,26,32H,3,7,9-11,14,16H2,1-2H3,(H,33,34)/t19-,26-,38?/m1/s1. The molecule has 1 aliphatic heterocycles. The summed E-state index contributed by atoms with van der Waals surface area (Å²) in [6.45, 7) is 4.30. The van der Waals surface area contributed by atoms with Gasteiger partial charge in [0.05, 0.1) is 23.8 Å². The molecule has 3 atom stereocenters. The molecule has 0 saturated carbocycles. The highest BCUT2D eigenvalue weighted by molar-refractivity contribution is 7.85. The number of fused-ring (bicyclic) bond motifs is 2. The monoisotopic (exact) mass is 538 g/mol. The first-order valence-corrected chi connectivity index (χ1v) is 14.2. The van der Waals surface area contributed by atoms with Crippen LogP contribution in [0.15, 0.2) is 47.4 Å². The minimum atomic E-state index is -1.18. The molecule has 3 aromatic carbocycles. The van der Waals surface area contributed by atoms with Crippen LogP contribution in [0.5, 0.6) is 11.5 Å². The van der Waals surface area contributed by atoms with E-state index in [0.717, 1.165) is 38.3 Å². The molecule has 0 spiro atoms. The summed E-state index contributed by atoms with van der Waals surface area (Å²) in [7, 11) is -1.18. The topological polar surface area (TPSA) is 93.1 Å². The molecule has 0 saturated heterocycles. The van der Waals surface area contributed by atoms with Crippen LogP contribution in [-0.2, 0) is 22.0 Å². The number of carbonyl (C=O) groups is 1. The van der Waals surface area contributed by atoms with Crippen LogP contribution in [0.2, 0.25) is 0 Å². The Morgan fingerprint density at radius 1 is 1.16 bits per heavy atom. The van der Waals surface area contributed by atoms with Crippen molar-refractivity contribution in [3.8, 4) is 22.6 Å². The van der Waals surface area contributed by atoms with Crippen molar-refractivity contribution in [1.82, 2.24) is 0 Å². The first-order chi connectivity index (χ1) is 18.3. The van der Waals surface area contributed by atoms with Crippen molar-refractivity contribution in [1.29, 1.82) is 0 Å². The number of aliphatic carboxylic acids is 1. The summed E-state index contributed by atoms with van der Waals surface area (Å²) in [4.78, 5) is 11.9. The zero-order valence-corrected chi connectivity index (χ0v) is 22.3. The molecule has 8 heteroatoms. The molecule has 2 aliphatic rings. The maximum atomic E-state index is 15.2. The lowest BCUT2D eigenvalue weighted by molar-refractivity contribution is -0.137. The smallest absolute Gasteiger partial charge is 0.304 e.